The van der Waals surface area contributed by atoms with Gasteiger partial charge in [-0.2, -0.15) is 0 Å². The average Bonchev–Trinajstić information content (AvgIpc) is 3.82. The largest absolute Gasteiger partial charge is 0.456 e. The summed E-state index contributed by atoms with van der Waals surface area (Å²) in [6.45, 7) is 4.46. The first-order chi connectivity index (χ1) is 24.2. The molecule has 10 aromatic rings. The quantitative estimate of drug-likeness (QED) is 0.189. The van der Waals surface area contributed by atoms with Crippen LogP contribution >= 0.6 is 0 Å². The maximum Gasteiger partial charge on any atom is 0.144 e. The Bertz CT molecular complexity index is 2910. The van der Waals surface area contributed by atoms with Crippen molar-refractivity contribution in [2.75, 3.05) is 0 Å². The van der Waals surface area contributed by atoms with E-state index in [4.69, 9.17) is 13.3 Å². The summed E-state index contributed by atoms with van der Waals surface area (Å²) in [5, 5.41) is 6.56. The fourth-order valence-corrected chi connectivity index (χ4v) is 7.99. The zero-order valence-electron chi connectivity index (χ0n) is 27.3. The van der Waals surface area contributed by atoms with E-state index in [-0.39, 0.29) is 0 Å². The Balaban J connectivity index is 1.34. The van der Waals surface area contributed by atoms with E-state index < -0.39 is 0 Å². The molecule has 10 rings (SSSR count). The van der Waals surface area contributed by atoms with Crippen LogP contribution < -0.4 is 0 Å². The van der Waals surface area contributed by atoms with Crippen LogP contribution in [-0.2, 0) is 6.42 Å². The number of rotatable bonds is 5. The minimum atomic E-state index is 0.853. The van der Waals surface area contributed by atoms with Crippen molar-refractivity contribution < 1.29 is 13.3 Å². The summed E-state index contributed by atoms with van der Waals surface area (Å²) < 4.78 is 20.1. The molecule has 234 valence electrons. The maximum absolute atomic E-state index is 6.81. The Morgan fingerprint density at radius 1 is 0.449 bits per heavy atom. The fraction of sp³-hybridized carbons (Fsp3) is 0.0870. The predicted molar refractivity (Wildman–Crippen MR) is 203 cm³/mol. The highest BCUT2D eigenvalue weighted by Crippen LogP contribution is 2.48. The van der Waals surface area contributed by atoms with Gasteiger partial charge in [-0.15, -0.1) is 0 Å². The summed E-state index contributed by atoms with van der Waals surface area (Å²) in [5.74, 6) is 0. The highest BCUT2D eigenvalue weighted by molar-refractivity contribution is 6.24. The van der Waals surface area contributed by atoms with Crippen LogP contribution in [0.25, 0.3) is 99.2 Å². The second-order valence-corrected chi connectivity index (χ2v) is 13.1. The minimum absolute atomic E-state index is 0.853. The lowest BCUT2D eigenvalue weighted by atomic mass is 9.84. The molecule has 0 amide bonds. The highest BCUT2D eigenvalue weighted by Gasteiger charge is 2.25. The molecule has 0 N–H and O–H groups in total. The topological polar surface area (TPSA) is 39.4 Å². The molecule has 0 aliphatic heterocycles. The van der Waals surface area contributed by atoms with Crippen LogP contribution in [0.2, 0.25) is 0 Å². The molecule has 3 heteroatoms. The third-order valence-electron chi connectivity index (χ3n) is 10.1. The van der Waals surface area contributed by atoms with Gasteiger partial charge >= 0.3 is 0 Å². The second-order valence-electron chi connectivity index (χ2n) is 13.1. The Hall–Kier alpha value is -6.06. The van der Waals surface area contributed by atoms with Gasteiger partial charge in [-0.05, 0) is 83.1 Å². The standard InChI is InChI=1S/C46H32O3/c1-3-13-28-25-35-32-18-6-9-21-37(32)48-45(35)42(41(28)31-17-5-4-14-27(31)2)29-15-12-16-30(24-29)43-44-34-20-8-11-23-39(34)47-40(44)26-36-33-19-7-10-22-38(33)49-46(36)43/h4-12,14-26H,3,13H2,1-2H3. The SMILES string of the molecule is CCCc1cc2c(oc3ccccc32)c(-c2cccc(-c3c4oc5ccccc5c4cc4oc5ccccc5c34)c2)c1-c1ccccc1C. The first kappa shape index (κ1) is 28.0. The third kappa shape index (κ3) is 4.15. The summed E-state index contributed by atoms with van der Waals surface area (Å²) in [6.07, 6.45) is 2.00. The van der Waals surface area contributed by atoms with E-state index in [9.17, 15) is 0 Å². The Morgan fingerprint density at radius 3 is 1.71 bits per heavy atom. The monoisotopic (exact) mass is 632 g/mol. The molecule has 0 radical (unpaired) electrons. The van der Waals surface area contributed by atoms with Crippen LogP contribution in [-0.4, -0.2) is 0 Å². The van der Waals surface area contributed by atoms with Gasteiger partial charge < -0.3 is 13.3 Å². The van der Waals surface area contributed by atoms with Gasteiger partial charge in [-0.25, -0.2) is 0 Å². The van der Waals surface area contributed by atoms with Crippen LogP contribution in [0, 0.1) is 6.92 Å². The highest BCUT2D eigenvalue weighted by atomic mass is 16.3. The van der Waals surface area contributed by atoms with Gasteiger partial charge in [0.05, 0.1) is 0 Å². The lowest BCUT2D eigenvalue weighted by molar-refractivity contribution is 0.664. The number of hydrogen-bond acceptors (Lipinski definition) is 3. The van der Waals surface area contributed by atoms with Gasteiger partial charge in [-0.1, -0.05) is 110 Å². The molecule has 7 aromatic carbocycles. The van der Waals surface area contributed by atoms with Crippen LogP contribution in [0.3, 0.4) is 0 Å². The van der Waals surface area contributed by atoms with Gasteiger partial charge in [0.1, 0.15) is 33.5 Å². The smallest absolute Gasteiger partial charge is 0.144 e. The number of furan rings is 3. The number of hydrogen-bond donors (Lipinski definition) is 0. The molecular formula is C46H32O3. The van der Waals surface area contributed by atoms with Crippen LogP contribution in [0.15, 0.2) is 147 Å². The molecular weight excluding hydrogens is 601 g/mol. The zero-order valence-corrected chi connectivity index (χ0v) is 27.3. The number of aryl methyl sites for hydroxylation is 2. The molecule has 0 aliphatic carbocycles. The van der Waals surface area contributed by atoms with Crippen LogP contribution in [0.5, 0.6) is 0 Å². The van der Waals surface area contributed by atoms with E-state index in [0.717, 1.165) is 101 Å². The van der Waals surface area contributed by atoms with E-state index in [2.05, 4.69) is 123 Å². The summed E-state index contributed by atoms with van der Waals surface area (Å²) in [5.41, 5.74) is 14.6. The number of benzene rings is 7. The zero-order chi connectivity index (χ0) is 32.6. The minimum Gasteiger partial charge on any atom is -0.456 e. The van der Waals surface area contributed by atoms with Gasteiger partial charge in [0, 0.05) is 43.4 Å². The number of para-hydroxylation sites is 3. The maximum atomic E-state index is 6.81. The van der Waals surface area contributed by atoms with Gasteiger partial charge in [-0.3, -0.25) is 0 Å². The van der Waals surface area contributed by atoms with E-state index in [1.807, 2.05) is 24.3 Å². The van der Waals surface area contributed by atoms with Crippen molar-refractivity contribution in [1.82, 2.24) is 0 Å². The molecule has 49 heavy (non-hydrogen) atoms. The summed E-state index contributed by atoms with van der Waals surface area (Å²) in [6, 6.07) is 47.1. The Morgan fingerprint density at radius 2 is 1.02 bits per heavy atom. The van der Waals surface area contributed by atoms with Crippen LogP contribution in [0.4, 0.5) is 0 Å². The molecule has 0 aliphatic rings. The van der Waals surface area contributed by atoms with Gasteiger partial charge in [0.25, 0.3) is 0 Å². The van der Waals surface area contributed by atoms with Gasteiger partial charge in [0.15, 0.2) is 0 Å². The third-order valence-corrected chi connectivity index (χ3v) is 10.1. The fourth-order valence-electron chi connectivity index (χ4n) is 7.99. The van der Waals surface area contributed by atoms with Gasteiger partial charge in [0.2, 0.25) is 0 Å². The molecule has 0 saturated carbocycles. The summed E-state index contributed by atoms with van der Waals surface area (Å²) >= 11 is 0. The predicted octanol–water partition coefficient (Wildman–Crippen LogP) is 13.6. The summed E-state index contributed by atoms with van der Waals surface area (Å²) in [4.78, 5) is 0. The molecule has 0 fully saturated rings. The Kier molecular flexibility index (Phi) is 6.13. The molecule has 0 spiro atoms. The lowest BCUT2D eigenvalue weighted by Gasteiger charge is -2.19. The van der Waals surface area contributed by atoms with Crippen LogP contribution in [0.1, 0.15) is 24.5 Å². The molecule has 0 unspecified atom stereocenters. The normalized spacial score (nSPS) is 12.0. The van der Waals surface area contributed by atoms with E-state index in [1.165, 1.54) is 22.3 Å². The van der Waals surface area contributed by atoms with Crippen molar-refractivity contribution in [3.05, 3.63) is 145 Å². The van der Waals surface area contributed by atoms with E-state index in [0.29, 0.717) is 0 Å². The molecule has 0 saturated heterocycles. The first-order valence-electron chi connectivity index (χ1n) is 17.1. The Labute approximate surface area is 283 Å². The average molecular weight is 633 g/mol. The lowest BCUT2D eigenvalue weighted by Crippen LogP contribution is -1.97. The number of fused-ring (bicyclic) bond motifs is 9. The molecule has 3 nitrogen and oxygen atoms in total. The molecule has 3 heterocycles. The molecule has 0 atom stereocenters. The van der Waals surface area contributed by atoms with Crippen molar-refractivity contribution in [2.45, 2.75) is 26.7 Å². The molecule has 0 bridgehead atoms. The van der Waals surface area contributed by atoms with Crippen molar-refractivity contribution in [1.29, 1.82) is 0 Å². The van der Waals surface area contributed by atoms with Crippen molar-refractivity contribution >= 4 is 65.8 Å². The van der Waals surface area contributed by atoms with Crippen molar-refractivity contribution in [2.24, 2.45) is 0 Å². The van der Waals surface area contributed by atoms with E-state index in [1.54, 1.807) is 0 Å². The first-order valence-corrected chi connectivity index (χ1v) is 17.1. The van der Waals surface area contributed by atoms with Crippen molar-refractivity contribution in [3.8, 4) is 33.4 Å². The van der Waals surface area contributed by atoms with Crippen molar-refractivity contribution in [3.63, 3.8) is 0 Å². The second kappa shape index (κ2) is 10.7. The molecule has 3 aromatic heterocycles. The van der Waals surface area contributed by atoms with E-state index >= 15 is 0 Å². The summed E-state index contributed by atoms with van der Waals surface area (Å²) in [7, 11) is 0.